The summed E-state index contributed by atoms with van der Waals surface area (Å²) < 4.78 is 9.59. The summed E-state index contributed by atoms with van der Waals surface area (Å²) in [5.41, 5.74) is 0. The summed E-state index contributed by atoms with van der Waals surface area (Å²) in [5, 5.41) is 9.33. The monoisotopic (exact) mass is 194 g/mol. The van der Waals surface area contributed by atoms with Crippen LogP contribution in [0.4, 0.5) is 0 Å². The van der Waals surface area contributed by atoms with Gasteiger partial charge >= 0.3 is 5.97 Å². The molecule has 0 heterocycles. The smallest absolute Gasteiger partial charge is 0.335 e. The predicted octanol–water partition coefficient (Wildman–Crippen LogP) is 1.49. The first-order valence-corrected chi connectivity index (χ1v) is 3.88. The van der Waals surface area contributed by atoms with Gasteiger partial charge in [0.15, 0.2) is 11.5 Å². The zero-order chi connectivity index (χ0) is 10.6. The van der Waals surface area contributed by atoms with Gasteiger partial charge in [-0.1, -0.05) is 6.58 Å². The summed E-state index contributed by atoms with van der Waals surface area (Å²) in [7, 11) is 1.43. The topological polar surface area (TPSA) is 55.8 Å². The molecule has 0 aliphatic rings. The third-order valence-corrected chi connectivity index (χ3v) is 1.54. The van der Waals surface area contributed by atoms with Crippen molar-refractivity contribution in [3.63, 3.8) is 0 Å². The predicted molar refractivity (Wildman–Crippen MR) is 50.5 cm³/mol. The minimum absolute atomic E-state index is 0.0816. The molecule has 0 radical (unpaired) electrons. The highest BCUT2D eigenvalue weighted by Gasteiger charge is 2.05. The number of methoxy groups -OCH3 is 1. The highest BCUT2D eigenvalue weighted by molar-refractivity contribution is 5.83. The molecular weight excluding hydrogens is 184 g/mol. The molecule has 14 heavy (non-hydrogen) atoms. The van der Waals surface area contributed by atoms with E-state index in [0.717, 1.165) is 6.08 Å². The Labute approximate surface area is 81.4 Å². The first-order chi connectivity index (χ1) is 6.67. The number of carbonyl (C=O) groups excluding carboxylic acids is 1. The standard InChI is InChI=1S/C10H10O4/c1-3-10(12)14-7-4-5-9(13-2)8(11)6-7/h3-6,11H,1H2,2H3. The third kappa shape index (κ3) is 2.26. The molecule has 1 N–H and O–H groups in total. The zero-order valence-electron chi connectivity index (χ0n) is 7.69. The van der Waals surface area contributed by atoms with Gasteiger partial charge in [-0.2, -0.15) is 0 Å². The van der Waals surface area contributed by atoms with E-state index in [9.17, 15) is 9.90 Å². The number of esters is 1. The molecule has 0 unspecified atom stereocenters. The number of ether oxygens (including phenoxy) is 2. The number of rotatable bonds is 3. The Morgan fingerprint density at radius 2 is 2.29 bits per heavy atom. The van der Waals surface area contributed by atoms with E-state index in [1.165, 1.54) is 25.3 Å². The molecule has 0 bridgehead atoms. The Morgan fingerprint density at radius 3 is 2.79 bits per heavy atom. The van der Waals surface area contributed by atoms with Crippen LogP contribution in [0.25, 0.3) is 0 Å². The highest BCUT2D eigenvalue weighted by Crippen LogP contribution is 2.29. The van der Waals surface area contributed by atoms with Crippen LogP contribution in [0.3, 0.4) is 0 Å². The van der Waals surface area contributed by atoms with Gasteiger partial charge in [-0.05, 0) is 12.1 Å². The lowest BCUT2D eigenvalue weighted by molar-refractivity contribution is -0.128. The van der Waals surface area contributed by atoms with E-state index in [4.69, 9.17) is 9.47 Å². The van der Waals surface area contributed by atoms with Crippen LogP contribution in [0.5, 0.6) is 17.2 Å². The van der Waals surface area contributed by atoms with Crippen molar-refractivity contribution < 1.29 is 19.4 Å². The molecule has 1 rings (SSSR count). The van der Waals surface area contributed by atoms with Gasteiger partial charge in [0.2, 0.25) is 0 Å². The molecule has 4 heteroatoms. The molecular formula is C10H10O4. The molecule has 0 aliphatic heterocycles. The van der Waals surface area contributed by atoms with E-state index >= 15 is 0 Å². The van der Waals surface area contributed by atoms with Crippen LogP contribution in [0.1, 0.15) is 0 Å². The summed E-state index contributed by atoms with van der Waals surface area (Å²) in [6.45, 7) is 3.25. The fourth-order valence-corrected chi connectivity index (χ4v) is 0.891. The Kier molecular flexibility index (Phi) is 3.12. The van der Waals surface area contributed by atoms with Gasteiger partial charge in [0.05, 0.1) is 7.11 Å². The third-order valence-electron chi connectivity index (χ3n) is 1.54. The van der Waals surface area contributed by atoms with E-state index in [0.29, 0.717) is 5.75 Å². The molecule has 0 saturated carbocycles. The Bertz CT molecular complexity index is 357. The molecule has 0 spiro atoms. The van der Waals surface area contributed by atoms with E-state index < -0.39 is 5.97 Å². The van der Waals surface area contributed by atoms with Crippen molar-refractivity contribution in [1.29, 1.82) is 0 Å². The lowest BCUT2D eigenvalue weighted by atomic mass is 10.3. The number of benzene rings is 1. The summed E-state index contributed by atoms with van der Waals surface area (Å²) >= 11 is 0. The lowest BCUT2D eigenvalue weighted by Gasteiger charge is -2.05. The fraction of sp³-hybridized carbons (Fsp3) is 0.100. The van der Waals surface area contributed by atoms with Gasteiger partial charge in [-0.25, -0.2) is 4.79 Å². The zero-order valence-corrected chi connectivity index (χ0v) is 7.69. The normalized spacial score (nSPS) is 9.21. The number of hydrogen-bond donors (Lipinski definition) is 1. The molecule has 0 fully saturated rings. The molecule has 74 valence electrons. The van der Waals surface area contributed by atoms with Crippen LogP contribution in [0.2, 0.25) is 0 Å². The maximum Gasteiger partial charge on any atom is 0.335 e. The van der Waals surface area contributed by atoms with Crippen LogP contribution < -0.4 is 9.47 Å². The second-order valence-electron chi connectivity index (χ2n) is 2.46. The van der Waals surface area contributed by atoms with Crippen LogP contribution >= 0.6 is 0 Å². The molecule has 0 aromatic heterocycles. The summed E-state index contributed by atoms with van der Waals surface area (Å²) in [6, 6.07) is 4.31. The Morgan fingerprint density at radius 1 is 1.57 bits per heavy atom. The number of phenolic OH excluding ortho intramolecular Hbond substituents is 1. The summed E-state index contributed by atoms with van der Waals surface area (Å²) in [4.78, 5) is 10.8. The summed E-state index contributed by atoms with van der Waals surface area (Å²) in [6.07, 6.45) is 1.04. The van der Waals surface area contributed by atoms with Gasteiger partial charge in [0.1, 0.15) is 5.75 Å². The second-order valence-corrected chi connectivity index (χ2v) is 2.46. The molecule has 0 amide bonds. The van der Waals surface area contributed by atoms with Crippen molar-refractivity contribution in [3.05, 3.63) is 30.9 Å². The second kappa shape index (κ2) is 4.32. The van der Waals surface area contributed by atoms with E-state index in [-0.39, 0.29) is 11.5 Å². The van der Waals surface area contributed by atoms with Gasteiger partial charge in [0, 0.05) is 12.1 Å². The molecule has 0 saturated heterocycles. The number of aromatic hydroxyl groups is 1. The van der Waals surface area contributed by atoms with Crippen molar-refractivity contribution in [2.24, 2.45) is 0 Å². The minimum atomic E-state index is -0.574. The SMILES string of the molecule is C=CC(=O)Oc1ccc(OC)c(O)c1. The molecule has 0 atom stereocenters. The maximum atomic E-state index is 10.8. The van der Waals surface area contributed by atoms with Gasteiger partial charge in [-0.3, -0.25) is 0 Å². The van der Waals surface area contributed by atoms with E-state index in [1.807, 2.05) is 0 Å². The van der Waals surface area contributed by atoms with Crippen LogP contribution in [-0.4, -0.2) is 18.2 Å². The maximum absolute atomic E-state index is 10.8. The first kappa shape index (κ1) is 10.1. The molecule has 0 aliphatic carbocycles. The van der Waals surface area contributed by atoms with E-state index in [1.54, 1.807) is 0 Å². The lowest BCUT2D eigenvalue weighted by Crippen LogP contribution is -2.02. The van der Waals surface area contributed by atoms with E-state index in [2.05, 4.69) is 6.58 Å². The largest absolute Gasteiger partial charge is 0.504 e. The average molecular weight is 194 g/mol. The minimum Gasteiger partial charge on any atom is -0.504 e. The first-order valence-electron chi connectivity index (χ1n) is 3.88. The molecule has 1 aromatic rings. The molecule has 4 nitrogen and oxygen atoms in total. The van der Waals surface area contributed by atoms with Crippen LogP contribution in [0, 0.1) is 0 Å². The molecule has 1 aromatic carbocycles. The van der Waals surface area contributed by atoms with Crippen molar-refractivity contribution in [1.82, 2.24) is 0 Å². The number of carbonyl (C=O) groups is 1. The quantitative estimate of drug-likeness (QED) is 0.450. The van der Waals surface area contributed by atoms with Crippen molar-refractivity contribution in [2.45, 2.75) is 0 Å². The van der Waals surface area contributed by atoms with Gasteiger partial charge < -0.3 is 14.6 Å². The van der Waals surface area contributed by atoms with Crippen LogP contribution in [0.15, 0.2) is 30.9 Å². The number of hydrogen-bond acceptors (Lipinski definition) is 4. The fourth-order valence-electron chi connectivity index (χ4n) is 0.891. The highest BCUT2D eigenvalue weighted by atomic mass is 16.5. The van der Waals surface area contributed by atoms with Crippen molar-refractivity contribution in [2.75, 3.05) is 7.11 Å². The average Bonchev–Trinajstić information content (AvgIpc) is 2.18. The Hall–Kier alpha value is -1.97. The van der Waals surface area contributed by atoms with Crippen molar-refractivity contribution in [3.8, 4) is 17.2 Å². The summed E-state index contributed by atoms with van der Waals surface area (Å²) in [5.74, 6) is -0.0898. The number of phenols is 1. The van der Waals surface area contributed by atoms with Gasteiger partial charge in [-0.15, -0.1) is 0 Å². The Balaban J connectivity index is 2.86. The van der Waals surface area contributed by atoms with Crippen LogP contribution in [-0.2, 0) is 4.79 Å². The van der Waals surface area contributed by atoms with Gasteiger partial charge in [0.25, 0.3) is 0 Å². The van der Waals surface area contributed by atoms with Crippen molar-refractivity contribution >= 4 is 5.97 Å².